The van der Waals surface area contributed by atoms with Crippen molar-refractivity contribution in [3.63, 3.8) is 0 Å². The molecule has 1 aromatic carbocycles. The first-order valence-corrected chi connectivity index (χ1v) is 7.71. The summed E-state index contributed by atoms with van der Waals surface area (Å²) in [7, 11) is 0. The number of halogens is 2. The third-order valence-corrected chi connectivity index (χ3v) is 5.81. The van der Waals surface area contributed by atoms with Crippen molar-refractivity contribution in [3.05, 3.63) is 27.7 Å². The third kappa shape index (κ3) is 1.60. The molecular weight excluding hydrogens is 265 g/mol. The predicted octanol–water partition coefficient (Wildman–Crippen LogP) is 4.94. The van der Waals surface area contributed by atoms with Gasteiger partial charge < -0.3 is 5.32 Å². The summed E-state index contributed by atoms with van der Waals surface area (Å²) in [6.45, 7) is 1.04. The van der Waals surface area contributed by atoms with Crippen LogP contribution in [0.5, 0.6) is 0 Å². The zero-order valence-electron chi connectivity index (χ0n) is 10.3. The van der Waals surface area contributed by atoms with E-state index < -0.39 is 0 Å². The van der Waals surface area contributed by atoms with Gasteiger partial charge in [-0.2, -0.15) is 0 Å². The van der Waals surface area contributed by atoms with Gasteiger partial charge in [0.15, 0.2) is 0 Å². The summed E-state index contributed by atoms with van der Waals surface area (Å²) in [6.07, 6.45) is 5.78. The lowest BCUT2D eigenvalue weighted by Gasteiger charge is -2.27. The molecule has 2 bridgehead atoms. The second-order valence-corrected chi connectivity index (χ2v) is 7.02. The van der Waals surface area contributed by atoms with E-state index >= 15 is 0 Å². The van der Waals surface area contributed by atoms with Gasteiger partial charge in [-0.15, -0.1) is 0 Å². The summed E-state index contributed by atoms with van der Waals surface area (Å²) in [5.74, 6) is 3.43. The molecule has 1 aromatic rings. The zero-order chi connectivity index (χ0) is 12.3. The smallest absolute Gasteiger partial charge is 0.0655 e. The maximum absolute atomic E-state index is 6.28. The van der Waals surface area contributed by atoms with E-state index in [1.807, 2.05) is 6.07 Å². The minimum absolute atomic E-state index is 0.631. The Morgan fingerprint density at radius 2 is 2.00 bits per heavy atom. The van der Waals surface area contributed by atoms with Gasteiger partial charge in [-0.05, 0) is 54.7 Å². The van der Waals surface area contributed by atoms with Gasteiger partial charge in [-0.1, -0.05) is 29.6 Å². The average Bonchev–Trinajstić information content (AvgIpc) is 3.00. The average molecular weight is 282 g/mol. The van der Waals surface area contributed by atoms with Gasteiger partial charge in [0.25, 0.3) is 0 Å². The molecular formula is C15H17Cl2N. The Balaban J connectivity index is 1.70. The molecule has 4 atom stereocenters. The van der Waals surface area contributed by atoms with Crippen LogP contribution in [0.15, 0.2) is 12.1 Å². The van der Waals surface area contributed by atoms with Gasteiger partial charge in [0, 0.05) is 17.5 Å². The van der Waals surface area contributed by atoms with Crippen LogP contribution in [0.3, 0.4) is 0 Å². The highest BCUT2D eigenvalue weighted by atomic mass is 35.5. The molecule has 1 aliphatic heterocycles. The molecule has 2 saturated carbocycles. The van der Waals surface area contributed by atoms with Gasteiger partial charge in [-0.3, -0.25) is 0 Å². The molecule has 4 unspecified atom stereocenters. The molecule has 96 valence electrons. The quantitative estimate of drug-likeness (QED) is 0.769. The maximum atomic E-state index is 6.28. The number of anilines is 1. The normalized spacial score (nSPS) is 36.8. The number of fused-ring (bicyclic) bond motifs is 3. The molecule has 0 spiro atoms. The minimum atomic E-state index is 0.631. The van der Waals surface area contributed by atoms with Crippen LogP contribution in [0.2, 0.25) is 10.0 Å². The Bertz CT molecular complexity index is 500. The van der Waals surface area contributed by atoms with Crippen molar-refractivity contribution in [1.29, 1.82) is 0 Å². The van der Waals surface area contributed by atoms with Gasteiger partial charge in [0.2, 0.25) is 0 Å². The lowest BCUT2D eigenvalue weighted by molar-refractivity contribution is 0.292. The van der Waals surface area contributed by atoms with Gasteiger partial charge in [0.05, 0.1) is 10.7 Å². The summed E-state index contributed by atoms with van der Waals surface area (Å²) >= 11 is 12.4. The molecule has 1 N–H and O–H groups in total. The van der Waals surface area contributed by atoms with Crippen LogP contribution in [0, 0.1) is 17.8 Å². The lowest BCUT2D eigenvalue weighted by Crippen LogP contribution is -2.20. The molecule has 4 rings (SSSR count). The van der Waals surface area contributed by atoms with Crippen LogP contribution < -0.4 is 5.32 Å². The number of hydrogen-bond donors (Lipinski definition) is 1. The van der Waals surface area contributed by atoms with Crippen molar-refractivity contribution in [2.45, 2.75) is 31.6 Å². The Kier molecular flexibility index (Phi) is 2.57. The fraction of sp³-hybridized carbons (Fsp3) is 0.600. The van der Waals surface area contributed by atoms with Crippen molar-refractivity contribution in [1.82, 2.24) is 0 Å². The van der Waals surface area contributed by atoms with Crippen LogP contribution in [0.4, 0.5) is 5.69 Å². The van der Waals surface area contributed by atoms with Crippen molar-refractivity contribution < 1.29 is 0 Å². The number of hydrogen-bond acceptors (Lipinski definition) is 1. The van der Waals surface area contributed by atoms with Gasteiger partial charge in [-0.25, -0.2) is 0 Å². The van der Waals surface area contributed by atoms with Gasteiger partial charge >= 0.3 is 0 Å². The van der Waals surface area contributed by atoms with E-state index in [0.717, 1.165) is 40.0 Å². The Morgan fingerprint density at radius 3 is 2.72 bits per heavy atom. The van der Waals surface area contributed by atoms with E-state index in [9.17, 15) is 0 Å². The summed E-state index contributed by atoms with van der Waals surface area (Å²) < 4.78 is 0. The van der Waals surface area contributed by atoms with E-state index in [2.05, 4.69) is 11.4 Å². The standard InChI is InChI=1S/C15H17Cl2N/c16-10-5-12-13(7-18-15(12)14(17)6-10)11-4-8-1-2-9(11)3-8/h5-6,8-9,11,13,18H,1-4,7H2. The lowest BCUT2D eigenvalue weighted by atomic mass is 9.77. The Hall–Kier alpha value is -0.400. The molecule has 2 aliphatic carbocycles. The summed E-state index contributed by atoms with van der Waals surface area (Å²) in [5, 5.41) is 5.05. The SMILES string of the molecule is Clc1cc(Cl)c2c(c1)C(C1CC3CCC1C3)CN2. The molecule has 2 fully saturated rings. The highest BCUT2D eigenvalue weighted by Crippen LogP contribution is 2.55. The summed E-state index contributed by atoms with van der Waals surface area (Å²) in [5.41, 5.74) is 2.50. The van der Waals surface area contributed by atoms with Crippen molar-refractivity contribution in [2.24, 2.45) is 17.8 Å². The molecule has 0 amide bonds. The predicted molar refractivity (Wildman–Crippen MR) is 76.6 cm³/mol. The van der Waals surface area contributed by atoms with Crippen molar-refractivity contribution >= 4 is 28.9 Å². The molecule has 3 aliphatic rings. The van der Waals surface area contributed by atoms with E-state index in [1.165, 1.54) is 31.2 Å². The number of rotatable bonds is 1. The Labute approximate surface area is 118 Å². The second kappa shape index (κ2) is 4.05. The van der Waals surface area contributed by atoms with Crippen LogP contribution in [0.25, 0.3) is 0 Å². The first kappa shape index (κ1) is 11.4. The third-order valence-electron chi connectivity index (χ3n) is 5.29. The first-order chi connectivity index (χ1) is 8.72. The number of benzene rings is 1. The summed E-state index contributed by atoms with van der Waals surface area (Å²) in [4.78, 5) is 0. The van der Waals surface area contributed by atoms with Gasteiger partial charge in [0.1, 0.15) is 0 Å². The molecule has 0 aromatic heterocycles. The fourth-order valence-electron chi connectivity index (χ4n) is 4.56. The molecule has 0 radical (unpaired) electrons. The van der Waals surface area contributed by atoms with E-state index in [-0.39, 0.29) is 0 Å². The molecule has 18 heavy (non-hydrogen) atoms. The van der Waals surface area contributed by atoms with E-state index in [4.69, 9.17) is 23.2 Å². The highest BCUT2D eigenvalue weighted by molar-refractivity contribution is 6.36. The number of nitrogens with one attached hydrogen (secondary N) is 1. The topological polar surface area (TPSA) is 12.0 Å². The molecule has 0 saturated heterocycles. The minimum Gasteiger partial charge on any atom is -0.383 e. The fourth-order valence-corrected chi connectivity index (χ4v) is 5.14. The van der Waals surface area contributed by atoms with Crippen LogP contribution in [-0.4, -0.2) is 6.54 Å². The summed E-state index contributed by atoms with van der Waals surface area (Å²) in [6, 6.07) is 3.97. The molecule has 3 heteroatoms. The van der Waals surface area contributed by atoms with Crippen LogP contribution in [0.1, 0.15) is 37.2 Å². The van der Waals surface area contributed by atoms with Crippen molar-refractivity contribution in [3.8, 4) is 0 Å². The van der Waals surface area contributed by atoms with E-state index in [0.29, 0.717) is 5.92 Å². The second-order valence-electron chi connectivity index (χ2n) is 6.18. The zero-order valence-corrected chi connectivity index (χ0v) is 11.8. The van der Waals surface area contributed by atoms with Crippen molar-refractivity contribution in [2.75, 3.05) is 11.9 Å². The van der Waals surface area contributed by atoms with Crippen LogP contribution >= 0.6 is 23.2 Å². The highest BCUT2D eigenvalue weighted by Gasteiger charge is 2.45. The maximum Gasteiger partial charge on any atom is 0.0655 e. The Morgan fingerprint density at radius 1 is 1.11 bits per heavy atom. The molecule has 1 heterocycles. The van der Waals surface area contributed by atoms with E-state index in [1.54, 1.807) is 0 Å². The largest absolute Gasteiger partial charge is 0.383 e. The monoisotopic (exact) mass is 281 g/mol. The molecule has 1 nitrogen and oxygen atoms in total. The van der Waals surface area contributed by atoms with Crippen LogP contribution in [-0.2, 0) is 0 Å². The first-order valence-electron chi connectivity index (χ1n) is 6.95.